The molecule has 3 rings (SSSR count). The predicted molar refractivity (Wildman–Crippen MR) is 76.8 cm³/mol. The van der Waals surface area contributed by atoms with Crippen molar-refractivity contribution in [2.24, 2.45) is 0 Å². The number of thiazole rings is 2. The number of nitrogens with zero attached hydrogens (tertiary/aromatic N) is 2. The van der Waals surface area contributed by atoms with Crippen LogP contribution >= 0.6 is 38.6 Å². The Labute approximate surface area is 115 Å². The van der Waals surface area contributed by atoms with Crippen LogP contribution in [0.15, 0.2) is 34.4 Å². The largest absolute Gasteiger partial charge is 0.357 e. The van der Waals surface area contributed by atoms with Crippen molar-refractivity contribution in [1.29, 1.82) is 0 Å². The number of halogens is 1. The molecule has 2 aromatic heterocycles. The van der Waals surface area contributed by atoms with Crippen molar-refractivity contribution in [3.8, 4) is 0 Å². The van der Waals surface area contributed by atoms with Crippen molar-refractivity contribution in [2.75, 3.05) is 5.32 Å². The summed E-state index contributed by atoms with van der Waals surface area (Å²) in [7, 11) is 0. The van der Waals surface area contributed by atoms with Crippen molar-refractivity contribution in [3.63, 3.8) is 0 Å². The zero-order chi connectivity index (χ0) is 11.7. The molecule has 0 saturated heterocycles. The number of anilines is 1. The van der Waals surface area contributed by atoms with Gasteiger partial charge >= 0.3 is 0 Å². The molecule has 0 aliphatic rings. The molecule has 17 heavy (non-hydrogen) atoms. The fourth-order valence-electron chi connectivity index (χ4n) is 1.47. The van der Waals surface area contributed by atoms with E-state index in [4.69, 9.17) is 0 Å². The average Bonchev–Trinajstić information content (AvgIpc) is 2.94. The Bertz CT molecular complexity index is 633. The van der Waals surface area contributed by atoms with E-state index in [1.165, 1.54) is 9.58 Å². The summed E-state index contributed by atoms with van der Waals surface area (Å²) < 4.78 is 2.27. The first-order valence-electron chi connectivity index (χ1n) is 4.98. The zero-order valence-corrected chi connectivity index (χ0v) is 11.9. The minimum atomic E-state index is 0.783. The molecule has 0 fully saturated rings. The molecule has 0 amide bonds. The van der Waals surface area contributed by atoms with Crippen LogP contribution in [-0.4, -0.2) is 9.97 Å². The standard InChI is InChI=1S/C11H8BrN3S2/c12-7-1-2-9-10(3-7)17-11(15-9)14-5-8-4-13-6-16-8/h1-4,6H,5H2,(H,14,15). The number of fused-ring (bicyclic) bond motifs is 1. The van der Waals surface area contributed by atoms with Crippen molar-refractivity contribution in [1.82, 2.24) is 9.97 Å². The van der Waals surface area contributed by atoms with Gasteiger partial charge in [0.25, 0.3) is 0 Å². The third kappa shape index (κ3) is 2.48. The number of hydrogen-bond donors (Lipinski definition) is 1. The summed E-state index contributed by atoms with van der Waals surface area (Å²) in [6, 6.07) is 6.12. The van der Waals surface area contributed by atoms with Crippen LogP contribution in [0.25, 0.3) is 10.2 Å². The van der Waals surface area contributed by atoms with Crippen molar-refractivity contribution in [2.45, 2.75) is 6.54 Å². The predicted octanol–water partition coefficient (Wildman–Crippen LogP) is 4.13. The minimum Gasteiger partial charge on any atom is -0.357 e. The highest BCUT2D eigenvalue weighted by Gasteiger charge is 2.04. The van der Waals surface area contributed by atoms with Gasteiger partial charge in [0.1, 0.15) is 0 Å². The van der Waals surface area contributed by atoms with Crippen LogP contribution in [0.3, 0.4) is 0 Å². The lowest BCUT2D eigenvalue weighted by Gasteiger charge is -1.97. The maximum Gasteiger partial charge on any atom is 0.184 e. The van der Waals surface area contributed by atoms with Crippen LogP contribution in [0, 0.1) is 0 Å². The Morgan fingerprint density at radius 1 is 1.35 bits per heavy atom. The van der Waals surface area contributed by atoms with Gasteiger partial charge in [-0.3, -0.25) is 4.98 Å². The van der Waals surface area contributed by atoms with Gasteiger partial charge in [-0.1, -0.05) is 27.3 Å². The summed E-state index contributed by atoms with van der Waals surface area (Å²) in [5.74, 6) is 0. The fraction of sp³-hybridized carbons (Fsp3) is 0.0909. The maximum absolute atomic E-state index is 4.52. The summed E-state index contributed by atoms with van der Waals surface area (Å²) in [4.78, 5) is 9.78. The van der Waals surface area contributed by atoms with E-state index in [0.717, 1.165) is 21.7 Å². The molecule has 0 aliphatic carbocycles. The first-order chi connectivity index (χ1) is 8.31. The van der Waals surface area contributed by atoms with E-state index < -0.39 is 0 Å². The highest BCUT2D eigenvalue weighted by atomic mass is 79.9. The first-order valence-corrected chi connectivity index (χ1v) is 7.47. The van der Waals surface area contributed by atoms with Crippen LogP contribution < -0.4 is 5.32 Å². The molecule has 3 aromatic rings. The first kappa shape index (κ1) is 11.1. The number of hydrogen-bond acceptors (Lipinski definition) is 5. The molecule has 2 heterocycles. The molecule has 6 heteroatoms. The summed E-state index contributed by atoms with van der Waals surface area (Å²) in [5.41, 5.74) is 2.87. The lowest BCUT2D eigenvalue weighted by molar-refractivity contribution is 1.16. The van der Waals surface area contributed by atoms with Gasteiger partial charge in [0.2, 0.25) is 0 Å². The van der Waals surface area contributed by atoms with E-state index in [0.29, 0.717) is 0 Å². The maximum atomic E-state index is 4.52. The molecule has 0 unspecified atom stereocenters. The van der Waals surface area contributed by atoms with Gasteiger partial charge in [-0.25, -0.2) is 4.98 Å². The monoisotopic (exact) mass is 325 g/mol. The molecule has 86 valence electrons. The van der Waals surface area contributed by atoms with E-state index in [9.17, 15) is 0 Å². The number of aromatic nitrogens is 2. The quantitative estimate of drug-likeness (QED) is 0.786. The van der Waals surface area contributed by atoms with Gasteiger partial charge in [-0.2, -0.15) is 0 Å². The molecular weight excluding hydrogens is 318 g/mol. The molecule has 0 spiro atoms. The average molecular weight is 326 g/mol. The molecule has 1 N–H and O–H groups in total. The van der Waals surface area contributed by atoms with Crippen molar-refractivity contribution >= 4 is 54.0 Å². The van der Waals surface area contributed by atoms with Crippen LogP contribution in [0.2, 0.25) is 0 Å². The highest BCUT2D eigenvalue weighted by Crippen LogP contribution is 2.28. The Kier molecular flexibility index (Phi) is 3.09. The van der Waals surface area contributed by atoms with Crippen LogP contribution in [0.4, 0.5) is 5.13 Å². The second kappa shape index (κ2) is 4.72. The molecule has 1 aromatic carbocycles. The topological polar surface area (TPSA) is 37.8 Å². The number of rotatable bonds is 3. The Hall–Kier alpha value is -0.980. The summed E-state index contributed by atoms with van der Waals surface area (Å²) >= 11 is 6.78. The van der Waals surface area contributed by atoms with E-state index in [1.807, 2.05) is 23.8 Å². The molecule has 0 atom stereocenters. The molecule has 0 saturated carbocycles. The third-order valence-electron chi connectivity index (χ3n) is 2.25. The lowest BCUT2D eigenvalue weighted by atomic mass is 10.3. The fourth-order valence-corrected chi connectivity index (χ4v) is 3.41. The molecule has 0 radical (unpaired) electrons. The molecule has 0 bridgehead atoms. The van der Waals surface area contributed by atoms with Crippen LogP contribution in [-0.2, 0) is 6.54 Å². The van der Waals surface area contributed by atoms with Gasteiger partial charge in [-0.05, 0) is 18.2 Å². The Balaban J connectivity index is 1.81. The van der Waals surface area contributed by atoms with E-state index in [1.54, 1.807) is 22.7 Å². The third-order valence-corrected chi connectivity index (χ3v) is 4.50. The Morgan fingerprint density at radius 2 is 2.29 bits per heavy atom. The number of benzene rings is 1. The van der Waals surface area contributed by atoms with Crippen LogP contribution in [0.1, 0.15) is 4.88 Å². The molecule has 0 aliphatic heterocycles. The number of nitrogens with one attached hydrogen (secondary N) is 1. The normalized spacial score (nSPS) is 10.9. The smallest absolute Gasteiger partial charge is 0.184 e. The van der Waals surface area contributed by atoms with E-state index >= 15 is 0 Å². The molecular formula is C11H8BrN3S2. The zero-order valence-electron chi connectivity index (χ0n) is 8.68. The summed E-state index contributed by atoms with van der Waals surface area (Å²) in [6.45, 7) is 0.783. The van der Waals surface area contributed by atoms with Crippen molar-refractivity contribution < 1.29 is 0 Å². The molecule has 3 nitrogen and oxygen atoms in total. The van der Waals surface area contributed by atoms with Crippen molar-refractivity contribution in [3.05, 3.63) is 39.3 Å². The van der Waals surface area contributed by atoms with Gasteiger partial charge in [0.05, 0.1) is 22.3 Å². The minimum absolute atomic E-state index is 0.783. The summed E-state index contributed by atoms with van der Waals surface area (Å²) in [6.07, 6.45) is 1.88. The van der Waals surface area contributed by atoms with E-state index in [2.05, 4.69) is 37.3 Å². The van der Waals surface area contributed by atoms with Gasteiger partial charge in [-0.15, -0.1) is 11.3 Å². The Morgan fingerprint density at radius 3 is 3.12 bits per heavy atom. The lowest BCUT2D eigenvalue weighted by Crippen LogP contribution is -1.96. The second-order valence-corrected chi connectivity index (χ2v) is 6.37. The second-order valence-electron chi connectivity index (χ2n) is 3.45. The van der Waals surface area contributed by atoms with Gasteiger partial charge < -0.3 is 5.32 Å². The van der Waals surface area contributed by atoms with Gasteiger partial charge in [0.15, 0.2) is 5.13 Å². The summed E-state index contributed by atoms with van der Waals surface area (Å²) in [5, 5.41) is 4.27. The van der Waals surface area contributed by atoms with E-state index in [-0.39, 0.29) is 0 Å². The highest BCUT2D eigenvalue weighted by molar-refractivity contribution is 9.10. The van der Waals surface area contributed by atoms with Gasteiger partial charge in [0, 0.05) is 15.5 Å². The SMILES string of the molecule is Brc1ccc2nc(NCc3cncs3)sc2c1. The van der Waals surface area contributed by atoms with Crippen LogP contribution in [0.5, 0.6) is 0 Å².